The van der Waals surface area contributed by atoms with Crippen molar-refractivity contribution in [2.75, 3.05) is 25.8 Å². The summed E-state index contributed by atoms with van der Waals surface area (Å²) in [5.41, 5.74) is 0.454. The van der Waals surface area contributed by atoms with Crippen LogP contribution in [0.3, 0.4) is 0 Å². The van der Waals surface area contributed by atoms with Crippen molar-refractivity contribution in [1.82, 2.24) is 15.2 Å². The molecule has 2 heterocycles. The van der Waals surface area contributed by atoms with Gasteiger partial charge in [0.15, 0.2) is 11.5 Å². The van der Waals surface area contributed by atoms with Crippen LogP contribution in [-0.2, 0) is 0 Å². The summed E-state index contributed by atoms with van der Waals surface area (Å²) in [5.74, 6) is 1.77. The summed E-state index contributed by atoms with van der Waals surface area (Å²) in [6, 6.07) is 3.21. The lowest BCUT2D eigenvalue weighted by atomic mass is 10.0. The maximum absolute atomic E-state index is 10.3. The van der Waals surface area contributed by atoms with E-state index in [1.165, 1.54) is 7.11 Å². The quantitative estimate of drug-likeness (QED) is 0.487. The SMILES string of the molecule is COc1cc([C@@H](O)[C@@H](O)CNc2nc(=S)[nH][nH]2)cc2c1OCO2. The number of rotatable bonds is 6. The van der Waals surface area contributed by atoms with Crippen molar-refractivity contribution in [3.8, 4) is 17.2 Å². The monoisotopic (exact) mass is 340 g/mol. The first-order valence-electron chi connectivity index (χ1n) is 6.80. The summed E-state index contributed by atoms with van der Waals surface area (Å²) in [4.78, 5) is 3.93. The number of aromatic nitrogens is 3. The zero-order valence-corrected chi connectivity index (χ0v) is 13.0. The molecule has 0 unspecified atom stereocenters. The van der Waals surface area contributed by atoms with Gasteiger partial charge in [0, 0.05) is 6.54 Å². The second kappa shape index (κ2) is 6.44. The average Bonchev–Trinajstić information content (AvgIpc) is 3.19. The summed E-state index contributed by atoms with van der Waals surface area (Å²) in [5, 5.41) is 28.6. The van der Waals surface area contributed by atoms with Crippen molar-refractivity contribution < 1.29 is 24.4 Å². The van der Waals surface area contributed by atoms with Crippen LogP contribution in [-0.4, -0.2) is 51.9 Å². The van der Waals surface area contributed by atoms with E-state index in [-0.39, 0.29) is 13.3 Å². The van der Waals surface area contributed by atoms with Gasteiger partial charge in [0.05, 0.1) is 7.11 Å². The molecule has 0 radical (unpaired) electrons. The predicted molar refractivity (Wildman–Crippen MR) is 82.3 cm³/mol. The minimum atomic E-state index is -1.15. The Morgan fingerprint density at radius 2 is 2.22 bits per heavy atom. The largest absolute Gasteiger partial charge is 0.493 e. The van der Waals surface area contributed by atoms with Crippen LogP contribution in [0.4, 0.5) is 5.95 Å². The number of H-pyrrole nitrogens is 2. The lowest BCUT2D eigenvalue weighted by Gasteiger charge is -2.19. The van der Waals surface area contributed by atoms with E-state index in [0.717, 1.165) is 0 Å². The zero-order valence-electron chi connectivity index (χ0n) is 12.2. The number of nitrogens with zero attached hydrogens (tertiary/aromatic N) is 1. The molecule has 1 aromatic heterocycles. The molecule has 1 aromatic carbocycles. The van der Waals surface area contributed by atoms with E-state index >= 15 is 0 Å². The van der Waals surface area contributed by atoms with Crippen LogP contribution in [0.15, 0.2) is 12.1 Å². The fourth-order valence-corrected chi connectivity index (χ4v) is 2.35. The number of hydrogen-bond acceptors (Lipinski definition) is 8. The summed E-state index contributed by atoms with van der Waals surface area (Å²) in [6.45, 7) is 0.155. The van der Waals surface area contributed by atoms with Crippen LogP contribution >= 0.6 is 12.2 Å². The number of benzene rings is 1. The Kier molecular flexibility index (Phi) is 4.37. The smallest absolute Gasteiger partial charge is 0.231 e. The lowest BCUT2D eigenvalue weighted by Crippen LogP contribution is -2.27. The van der Waals surface area contributed by atoms with Crippen LogP contribution in [0.5, 0.6) is 17.2 Å². The molecule has 5 N–H and O–H groups in total. The molecular weight excluding hydrogens is 324 g/mol. The number of methoxy groups -OCH3 is 1. The Morgan fingerprint density at radius 1 is 1.39 bits per heavy atom. The summed E-state index contributed by atoms with van der Waals surface area (Å²) in [7, 11) is 1.49. The molecule has 2 atom stereocenters. The zero-order chi connectivity index (χ0) is 16.4. The van der Waals surface area contributed by atoms with Gasteiger partial charge >= 0.3 is 0 Å². The van der Waals surface area contributed by atoms with E-state index in [1.54, 1.807) is 12.1 Å². The molecule has 0 bridgehead atoms. The summed E-state index contributed by atoms with van der Waals surface area (Å²) < 4.78 is 16.1. The van der Waals surface area contributed by atoms with Crippen LogP contribution in [0, 0.1) is 4.77 Å². The van der Waals surface area contributed by atoms with Gasteiger partial charge in [-0.2, -0.15) is 4.98 Å². The maximum atomic E-state index is 10.3. The molecule has 0 saturated heterocycles. The van der Waals surface area contributed by atoms with Gasteiger partial charge in [0.1, 0.15) is 12.2 Å². The molecule has 0 fully saturated rings. The van der Waals surface area contributed by atoms with Crippen LogP contribution in [0.2, 0.25) is 0 Å². The van der Waals surface area contributed by atoms with E-state index in [9.17, 15) is 10.2 Å². The second-order valence-corrected chi connectivity index (χ2v) is 5.25. The summed E-state index contributed by atoms with van der Waals surface area (Å²) in [6.07, 6.45) is -2.23. The van der Waals surface area contributed by atoms with Gasteiger partial charge in [0.2, 0.25) is 23.3 Å². The Morgan fingerprint density at radius 3 is 2.91 bits per heavy atom. The number of fused-ring (bicyclic) bond motifs is 1. The predicted octanol–water partition coefficient (Wildman–Crippen LogP) is 0.711. The van der Waals surface area contributed by atoms with Gasteiger partial charge in [-0.15, -0.1) is 0 Å². The third kappa shape index (κ3) is 3.23. The van der Waals surface area contributed by atoms with Crippen molar-refractivity contribution in [1.29, 1.82) is 0 Å². The Hall–Kier alpha value is -2.30. The molecule has 9 nitrogen and oxygen atoms in total. The highest BCUT2D eigenvalue weighted by molar-refractivity contribution is 7.71. The molecule has 1 aliphatic rings. The summed E-state index contributed by atoms with van der Waals surface area (Å²) >= 11 is 4.82. The van der Waals surface area contributed by atoms with Crippen molar-refractivity contribution in [2.45, 2.75) is 12.2 Å². The fourth-order valence-electron chi connectivity index (χ4n) is 2.21. The average molecular weight is 340 g/mol. The van der Waals surface area contributed by atoms with Crippen molar-refractivity contribution in [3.05, 3.63) is 22.5 Å². The first kappa shape index (κ1) is 15.6. The number of aliphatic hydroxyl groups is 2. The van der Waals surface area contributed by atoms with Crippen LogP contribution in [0.25, 0.3) is 0 Å². The first-order valence-corrected chi connectivity index (χ1v) is 7.21. The van der Waals surface area contributed by atoms with Gasteiger partial charge in [-0.25, -0.2) is 0 Å². The molecule has 0 spiro atoms. The molecule has 0 saturated carbocycles. The third-order valence-electron chi connectivity index (χ3n) is 3.37. The highest BCUT2D eigenvalue weighted by atomic mass is 32.1. The minimum absolute atomic E-state index is 0.0635. The molecule has 0 aliphatic carbocycles. The number of aromatic amines is 2. The van der Waals surface area contributed by atoms with Gasteiger partial charge < -0.3 is 29.7 Å². The lowest BCUT2D eigenvalue weighted by molar-refractivity contribution is 0.0266. The third-order valence-corrected chi connectivity index (χ3v) is 3.56. The molecule has 23 heavy (non-hydrogen) atoms. The Balaban J connectivity index is 1.71. The highest BCUT2D eigenvalue weighted by Gasteiger charge is 2.25. The fraction of sp³-hybridized carbons (Fsp3) is 0.385. The van der Waals surface area contributed by atoms with Crippen LogP contribution in [0.1, 0.15) is 11.7 Å². The number of nitrogens with one attached hydrogen (secondary N) is 3. The van der Waals surface area contributed by atoms with E-state index in [0.29, 0.717) is 33.5 Å². The number of hydrogen-bond donors (Lipinski definition) is 5. The number of aliphatic hydroxyl groups excluding tert-OH is 2. The first-order chi connectivity index (χ1) is 11.1. The minimum Gasteiger partial charge on any atom is -0.493 e. The van der Waals surface area contributed by atoms with Crippen molar-refractivity contribution in [2.24, 2.45) is 0 Å². The van der Waals surface area contributed by atoms with E-state index in [4.69, 9.17) is 26.4 Å². The topological polar surface area (TPSA) is 125 Å². The number of anilines is 1. The molecule has 0 amide bonds. The van der Waals surface area contributed by atoms with Gasteiger partial charge in [-0.05, 0) is 29.9 Å². The molecule has 2 aromatic rings. The normalized spacial score (nSPS) is 15.3. The van der Waals surface area contributed by atoms with Crippen molar-refractivity contribution in [3.63, 3.8) is 0 Å². The number of ether oxygens (including phenoxy) is 3. The molecule has 10 heteroatoms. The van der Waals surface area contributed by atoms with Crippen molar-refractivity contribution >= 4 is 18.2 Å². The Labute approximate surface area is 136 Å². The van der Waals surface area contributed by atoms with Gasteiger partial charge in [-0.1, -0.05) is 0 Å². The Bertz CT molecular complexity index is 746. The van der Waals surface area contributed by atoms with Gasteiger partial charge in [-0.3, -0.25) is 10.2 Å². The second-order valence-electron chi connectivity index (χ2n) is 4.87. The molecule has 3 rings (SSSR count). The van der Waals surface area contributed by atoms with E-state index in [2.05, 4.69) is 20.5 Å². The highest BCUT2D eigenvalue weighted by Crippen LogP contribution is 2.43. The maximum Gasteiger partial charge on any atom is 0.231 e. The van der Waals surface area contributed by atoms with Crippen LogP contribution < -0.4 is 19.5 Å². The molecule has 1 aliphatic heterocycles. The van der Waals surface area contributed by atoms with E-state index in [1.807, 2.05) is 0 Å². The van der Waals surface area contributed by atoms with Gasteiger partial charge in [0.25, 0.3) is 0 Å². The standard InChI is InChI=1S/C13H16N4O5S/c1-20-8-2-6(3-9-11(8)22-5-21-9)10(19)7(18)4-14-12-15-13(23)17-16-12/h2-3,7,10,18-19H,4-5H2,1H3,(H3,14,15,16,17,23)/t7-,10+/m0/s1. The van der Waals surface area contributed by atoms with E-state index < -0.39 is 12.2 Å². The molecule has 124 valence electrons. The molecular formula is C13H16N4O5S.